The van der Waals surface area contributed by atoms with Gasteiger partial charge < -0.3 is 57.0 Å². The molecule has 1 fully saturated rings. The fourth-order valence-corrected chi connectivity index (χ4v) is 10.3. The van der Waals surface area contributed by atoms with E-state index in [2.05, 4.69) is 53.5 Å². The number of nitrogens with zero attached hydrogens (tertiary/aromatic N) is 4. The number of rotatable bonds is 34. The predicted molar refractivity (Wildman–Crippen MR) is 252 cm³/mol. The monoisotopic (exact) mass is 1050 g/mol. The molecular weight excluding hydrogens is 977 g/mol. The minimum Gasteiger partial charge on any atom is -0.386 e. The minimum atomic E-state index is -5.58. The van der Waals surface area contributed by atoms with Crippen LogP contribution in [0.4, 0.5) is 5.82 Å². The molecule has 0 bridgehead atoms. The topological polar surface area (TPSA) is 399 Å². The molecule has 0 aliphatic carbocycles. The van der Waals surface area contributed by atoms with Crippen LogP contribution in [0.2, 0.25) is 0 Å². The van der Waals surface area contributed by atoms with Gasteiger partial charge in [-0.1, -0.05) is 96.1 Å². The van der Waals surface area contributed by atoms with Crippen LogP contribution in [0.25, 0.3) is 11.2 Å². The smallest absolute Gasteiger partial charge is 0.386 e. The lowest BCUT2D eigenvalue weighted by molar-refractivity contribution is -0.137. The lowest BCUT2D eigenvalue weighted by Crippen LogP contribution is -2.46. The molecular formula is C39H71N8O17P3S. The minimum absolute atomic E-state index is 0. The second kappa shape index (κ2) is 30.2. The lowest BCUT2D eigenvalue weighted by atomic mass is 9.87. The van der Waals surface area contributed by atoms with Crippen molar-refractivity contribution in [1.82, 2.24) is 36.3 Å². The van der Waals surface area contributed by atoms with Crippen molar-refractivity contribution in [2.75, 3.05) is 37.8 Å². The number of anilines is 1. The number of thioether (sulfide) groups is 1. The summed E-state index contributed by atoms with van der Waals surface area (Å²) < 4.78 is 62.4. The molecule has 25 nitrogen and oxygen atoms in total. The van der Waals surface area contributed by atoms with Gasteiger partial charge in [0, 0.05) is 37.1 Å². The van der Waals surface area contributed by atoms with Gasteiger partial charge in [0.25, 0.3) is 0 Å². The molecule has 7 unspecified atom stereocenters. The number of ether oxygens (including phenoxy) is 1. The Balaban J connectivity index is 0.0000159. The summed E-state index contributed by atoms with van der Waals surface area (Å²) in [6.45, 7) is 2.79. The Hall–Kier alpha value is -2.74. The quantitative estimate of drug-likeness (QED) is 0.0254. The van der Waals surface area contributed by atoms with Crippen molar-refractivity contribution in [3.63, 3.8) is 0 Å². The average Bonchev–Trinajstić information content (AvgIpc) is 3.81. The van der Waals surface area contributed by atoms with Crippen LogP contribution in [0.15, 0.2) is 24.8 Å². The zero-order valence-corrected chi connectivity index (χ0v) is 42.3. The van der Waals surface area contributed by atoms with Crippen LogP contribution < -0.4 is 22.5 Å². The molecule has 1 aliphatic heterocycles. The van der Waals surface area contributed by atoms with Crippen molar-refractivity contribution in [3.05, 3.63) is 24.8 Å². The third-order valence-electron chi connectivity index (χ3n) is 10.4. The first-order valence-corrected chi connectivity index (χ1v) is 27.8. The van der Waals surface area contributed by atoms with E-state index >= 15 is 0 Å². The van der Waals surface area contributed by atoms with Crippen molar-refractivity contribution in [3.8, 4) is 0 Å². The van der Waals surface area contributed by atoms with Crippen LogP contribution in [0, 0.1) is 5.41 Å². The molecule has 0 saturated carbocycles. The van der Waals surface area contributed by atoms with Gasteiger partial charge in [-0.25, -0.2) is 28.6 Å². The first-order chi connectivity index (χ1) is 31.6. The van der Waals surface area contributed by atoms with Crippen LogP contribution in [0.5, 0.6) is 0 Å². The first-order valence-electron chi connectivity index (χ1n) is 22.3. The van der Waals surface area contributed by atoms with Gasteiger partial charge >= 0.3 is 23.5 Å². The summed E-state index contributed by atoms with van der Waals surface area (Å²) in [5.41, 5.74) is 4.29. The molecule has 3 rings (SSSR count). The maximum Gasteiger partial charge on any atom is 0.481 e. The van der Waals surface area contributed by atoms with Crippen LogP contribution >= 0.6 is 35.2 Å². The molecule has 3 heterocycles. The highest BCUT2D eigenvalue weighted by molar-refractivity contribution is 8.13. The average molecular weight is 1050 g/mol. The van der Waals surface area contributed by atoms with Crippen molar-refractivity contribution in [2.45, 2.75) is 148 Å². The first kappa shape index (κ1) is 61.4. The van der Waals surface area contributed by atoms with Crippen molar-refractivity contribution < 1.29 is 80.5 Å². The van der Waals surface area contributed by atoms with E-state index in [4.69, 9.17) is 19.5 Å². The number of amides is 2. The number of hydrogen-bond acceptors (Lipinski definition) is 19. The number of fused-ring (bicyclic) bond motifs is 1. The summed E-state index contributed by atoms with van der Waals surface area (Å²) in [7, 11) is -16.4. The highest BCUT2D eigenvalue weighted by Crippen LogP contribution is 2.61. The van der Waals surface area contributed by atoms with E-state index in [0.717, 1.165) is 73.9 Å². The number of aliphatic hydroxyl groups is 2. The van der Waals surface area contributed by atoms with E-state index in [1.54, 1.807) is 0 Å². The zero-order chi connectivity index (χ0) is 49.7. The number of allylic oxidation sites excluding steroid dienone is 2. The van der Waals surface area contributed by atoms with Crippen LogP contribution in [0.1, 0.15) is 123 Å². The molecule has 29 heteroatoms. The summed E-state index contributed by atoms with van der Waals surface area (Å²) >= 11 is 1.15. The van der Waals surface area contributed by atoms with E-state index in [1.807, 2.05) is 0 Å². The molecule has 0 aromatic carbocycles. The van der Waals surface area contributed by atoms with Crippen LogP contribution in [0.3, 0.4) is 0 Å². The molecule has 7 atom stereocenters. The van der Waals surface area contributed by atoms with Crippen molar-refractivity contribution in [1.29, 1.82) is 0 Å². The molecule has 0 radical (unpaired) electrons. The number of nitrogens with one attached hydrogen (secondary N) is 2. The van der Waals surface area contributed by atoms with Crippen molar-refractivity contribution in [2.24, 2.45) is 5.41 Å². The Morgan fingerprint density at radius 2 is 1.51 bits per heavy atom. The maximum atomic E-state index is 12.7. The molecule has 13 N–H and O–H groups in total. The van der Waals surface area contributed by atoms with Gasteiger partial charge in [-0.05, 0) is 32.1 Å². The normalized spacial score (nSPS) is 19.9. The van der Waals surface area contributed by atoms with Gasteiger partial charge in [0.05, 0.1) is 19.5 Å². The summed E-state index contributed by atoms with van der Waals surface area (Å²) in [6, 6.07) is 0. The summed E-state index contributed by atoms with van der Waals surface area (Å²) in [4.78, 5) is 88.3. The van der Waals surface area contributed by atoms with Crippen LogP contribution in [-0.4, -0.2) is 123 Å². The second-order valence-electron chi connectivity index (χ2n) is 16.6. The third-order valence-corrected chi connectivity index (χ3v) is 14.4. The SMILES string of the molecule is CCCCCCCCC=CCCCCCCCC(=O)SCCNC(=O)CCNC(=O)C(O)C(C)(C)COP(=O)(O)OP(=O)(O)OCC1OC(n2cnc3c(N)ncnc32)C(O)C1OP(=O)(O)O.N. The fraction of sp³-hybridized carbons (Fsp3) is 0.744. The van der Waals surface area contributed by atoms with Gasteiger partial charge in [0.2, 0.25) is 11.8 Å². The number of imidazole rings is 1. The lowest BCUT2D eigenvalue weighted by Gasteiger charge is -2.30. The number of carbonyl (C=O) groups excluding carboxylic acids is 3. The van der Waals surface area contributed by atoms with Gasteiger partial charge in [-0.2, -0.15) is 4.31 Å². The van der Waals surface area contributed by atoms with E-state index < -0.39 is 84.6 Å². The molecule has 2 amide bonds. The second-order valence-corrected chi connectivity index (χ2v) is 22.0. The Labute approximate surface area is 400 Å². The molecule has 0 spiro atoms. The number of aromatic nitrogens is 4. The summed E-state index contributed by atoms with van der Waals surface area (Å²) in [5, 5.41) is 26.7. The van der Waals surface area contributed by atoms with Gasteiger partial charge in [0.1, 0.15) is 36.3 Å². The van der Waals surface area contributed by atoms with E-state index in [1.165, 1.54) is 52.4 Å². The molecule has 2 aromatic rings. The number of nitrogens with two attached hydrogens (primary N) is 1. The number of nitrogen functional groups attached to an aromatic ring is 1. The van der Waals surface area contributed by atoms with Crippen LogP contribution in [-0.2, 0) is 50.7 Å². The van der Waals surface area contributed by atoms with Gasteiger partial charge in [0.15, 0.2) is 22.8 Å². The third kappa shape index (κ3) is 22.6. The Kier molecular flexibility index (Phi) is 27.3. The number of unbranched alkanes of at least 4 members (excludes halogenated alkanes) is 11. The van der Waals surface area contributed by atoms with Gasteiger partial charge in [-0.3, -0.25) is 32.5 Å². The number of aliphatic hydroxyl groups excluding tert-OH is 2. The number of hydrogen-bond donors (Lipinski definition) is 10. The Morgan fingerprint density at radius 3 is 2.16 bits per heavy atom. The molecule has 68 heavy (non-hydrogen) atoms. The molecule has 1 saturated heterocycles. The van der Waals surface area contributed by atoms with E-state index in [-0.39, 0.29) is 47.8 Å². The molecule has 390 valence electrons. The summed E-state index contributed by atoms with van der Waals surface area (Å²) in [6.07, 6.45) is 13.5. The number of phosphoric acid groups is 3. The van der Waals surface area contributed by atoms with Crippen molar-refractivity contribution >= 4 is 69.1 Å². The number of carbonyl (C=O) groups is 3. The summed E-state index contributed by atoms with van der Waals surface area (Å²) in [5.74, 6) is -1.03. The standard InChI is InChI=1S/C39H68N7O17P3S.H3N/c1-4-5-6-7-8-9-10-11-12-13-14-15-16-17-18-19-30(48)67-23-22-41-29(47)20-21-42-37(51)34(50)39(2,3)25-60-66(57,58)63-65(55,56)59-24-28-33(62-64(52,53)54)32(49)38(61-28)46-27-45-31-35(40)43-26-44-36(31)46;/h11-12,26-28,32-34,38,49-50H,4-10,13-25H2,1-3H3,(H,41,47)(H,42,51)(H,55,56)(H,57,58)(H2,40,43,44)(H2,52,53,54);1H3. The predicted octanol–water partition coefficient (Wildman–Crippen LogP) is 4.86. The Bertz CT molecular complexity index is 2050. The maximum absolute atomic E-state index is 12.7. The Morgan fingerprint density at radius 1 is 0.897 bits per heavy atom. The zero-order valence-electron chi connectivity index (χ0n) is 38.8. The highest BCUT2D eigenvalue weighted by Gasteiger charge is 2.50. The van der Waals surface area contributed by atoms with E-state index in [9.17, 15) is 57.9 Å². The molecule has 1 aliphatic rings. The fourth-order valence-electron chi connectivity index (χ4n) is 6.71. The highest BCUT2D eigenvalue weighted by atomic mass is 32.2. The van der Waals surface area contributed by atoms with E-state index in [0.29, 0.717) is 12.2 Å². The number of phosphoric ester groups is 3. The largest absolute Gasteiger partial charge is 0.481 e. The van der Waals surface area contributed by atoms with Gasteiger partial charge in [-0.15, -0.1) is 0 Å². The molecule has 2 aromatic heterocycles.